The van der Waals surface area contributed by atoms with Gasteiger partial charge < -0.3 is 18.8 Å². The van der Waals surface area contributed by atoms with Crippen molar-refractivity contribution >= 4 is 23.1 Å². The first kappa shape index (κ1) is 16.8. The molecule has 0 saturated carbocycles. The number of esters is 1. The third-order valence-corrected chi connectivity index (χ3v) is 3.95. The minimum absolute atomic E-state index is 0.00516. The Morgan fingerprint density at radius 2 is 2.04 bits per heavy atom. The molecule has 2 heterocycles. The molecule has 0 fully saturated rings. The molecule has 1 aromatic carbocycles. The second-order valence-corrected chi connectivity index (χ2v) is 5.75. The number of carbonyl (C=O) groups excluding carboxylic acids is 1. The Morgan fingerprint density at radius 3 is 2.72 bits per heavy atom. The third-order valence-electron chi connectivity index (χ3n) is 3.71. The van der Waals surface area contributed by atoms with Gasteiger partial charge in [-0.15, -0.1) is 0 Å². The predicted molar refractivity (Wildman–Crippen MR) is 91.5 cm³/mol. The molecule has 0 radical (unpaired) electrons. The molecule has 0 amide bonds. The van der Waals surface area contributed by atoms with Gasteiger partial charge >= 0.3 is 5.97 Å². The first-order chi connectivity index (χ1) is 11.9. The number of hydrogen-bond donors (Lipinski definition) is 1. The van der Waals surface area contributed by atoms with Crippen LogP contribution in [0.15, 0.2) is 52.3 Å². The Bertz CT molecular complexity index is 1100. The molecule has 3 rings (SSSR count). The molecular weight excluding hydrogens is 348 g/mol. The maximum absolute atomic E-state index is 12.7. The number of pyridine rings is 1. The lowest BCUT2D eigenvalue weighted by Crippen LogP contribution is -2.27. The summed E-state index contributed by atoms with van der Waals surface area (Å²) in [6.45, 7) is 0.0996. The highest BCUT2D eigenvalue weighted by molar-refractivity contribution is 6.30. The summed E-state index contributed by atoms with van der Waals surface area (Å²) in [6.07, 6.45) is 2.56. The normalized spacial score (nSPS) is 10.8. The molecule has 7 nitrogen and oxygen atoms in total. The van der Waals surface area contributed by atoms with E-state index in [0.29, 0.717) is 10.6 Å². The molecule has 0 unspecified atom stereocenters. The van der Waals surface area contributed by atoms with Gasteiger partial charge in [-0.05, 0) is 17.7 Å². The lowest BCUT2D eigenvalue weighted by molar-refractivity contribution is 0.0591. The maximum atomic E-state index is 12.7. The number of benzene rings is 1. The van der Waals surface area contributed by atoms with Gasteiger partial charge in [-0.1, -0.05) is 23.7 Å². The Labute approximate surface area is 146 Å². The van der Waals surface area contributed by atoms with Gasteiger partial charge in [0.1, 0.15) is 5.69 Å². The molecule has 0 aliphatic carbocycles. The van der Waals surface area contributed by atoms with Crippen LogP contribution in [0.4, 0.5) is 0 Å². The lowest BCUT2D eigenvalue weighted by Gasteiger charge is -2.13. The first-order valence-corrected chi connectivity index (χ1v) is 7.60. The predicted octanol–water partition coefficient (Wildman–Crippen LogP) is 1.66. The summed E-state index contributed by atoms with van der Waals surface area (Å²) in [6, 6.07) is 7.92. The topological polar surface area (TPSA) is 90.0 Å². The Hall–Kier alpha value is -3.06. The largest absolute Gasteiger partial charge is 0.503 e. The van der Waals surface area contributed by atoms with Crippen LogP contribution in [0, 0.1) is 0 Å². The van der Waals surface area contributed by atoms with E-state index in [1.54, 1.807) is 24.3 Å². The fraction of sp³-hybridized carbons (Fsp3) is 0.118. The van der Waals surface area contributed by atoms with Crippen LogP contribution in [0.1, 0.15) is 16.1 Å². The highest BCUT2D eigenvalue weighted by atomic mass is 35.5. The van der Waals surface area contributed by atoms with Gasteiger partial charge in [-0.2, -0.15) is 0 Å². The van der Waals surface area contributed by atoms with Crippen LogP contribution in [0.3, 0.4) is 0 Å². The molecule has 2 aromatic heterocycles. The second-order valence-electron chi connectivity index (χ2n) is 5.32. The van der Waals surface area contributed by atoms with Gasteiger partial charge in [-0.3, -0.25) is 9.59 Å². The minimum atomic E-state index is -0.724. The van der Waals surface area contributed by atoms with Gasteiger partial charge in [0.15, 0.2) is 11.3 Å². The number of aromatic hydroxyl groups is 1. The number of methoxy groups -OCH3 is 1. The van der Waals surface area contributed by atoms with Gasteiger partial charge in [0.2, 0.25) is 5.43 Å². The van der Waals surface area contributed by atoms with Crippen molar-refractivity contribution in [1.82, 2.24) is 8.97 Å². The molecule has 8 heteroatoms. The number of nitrogens with zero attached hydrogens (tertiary/aromatic N) is 2. The van der Waals surface area contributed by atoms with E-state index < -0.39 is 22.7 Å². The summed E-state index contributed by atoms with van der Waals surface area (Å²) in [5.74, 6) is -1.44. The van der Waals surface area contributed by atoms with Crippen LogP contribution in [-0.2, 0) is 11.3 Å². The summed E-state index contributed by atoms with van der Waals surface area (Å²) in [5, 5.41) is 10.5. The number of rotatable bonds is 3. The monoisotopic (exact) mass is 360 g/mol. The molecule has 0 aliphatic rings. The maximum Gasteiger partial charge on any atom is 0.356 e. The van der Waals surface area contributed by atoms with Crippen molar-refractivity contribution in [1.29, 1.82) is 0 Å². The van der Waals surface area contributed by atoms with Gasteiger partial charge in [0.25, 0.3) is 5.56 Å². The van der Waals surface area contributed by atoms with Crippen molar-refractivity contribution in [3.8, 4) is 5.75 Å². The number of aromatic nitrogens is 2. The zero-order valence-electron chi connectivity index (χ0n) is 13.1. The average molecular weight is 361 g/mol. The molecule has 1 N–H and O–H groups in total. The Morgan fingerprint density at radius 1 is 1.28 bits per heavy atom. The van der Waals surface area contributed by atoms with E-state index in [1.165, 1.54) is 24.1 Å². The number of carbonyl (C=O) groups is 1. The summed E-state index contributed by atoms with van der Waals surface area (Å²) in [7, 11) is 1.20. The quantitative estimate of drug-likeness (QED) is 0.717. The Balaban J connectivity index is 2.30. The zero-order valence-corrected chi connectivity index (χ0v) is 13.9. The average Bonchev–Trinajstić information content (AvgIpc) is 2.59. The molecule has 25 heavy (non-hydrogen) atoms. The van der Waals surface area contributed by atoms with Crippen LogP contribution in [0.5, 0.6) is 5.75 Å². The van der Waals surface area contributed by atoms with Crippen molar-refractivity contribution < 1.29 is 14.6 Å². The van der Waals surface area contributed by atoms with Crippen LogP contribution in [0.25, 0.3) is 5.52 Å². The van der Waals surface area contributed by atoms with E-state index in [2.05, 4.69) is 0 Å². The van der Waals surface area contributed by atoms with Crippen molar-refractivity contribution in [3.05, 3.63) is 79.6 Å². The van der Waals surface area contributed by atoms with E-state index >= 15 is 0 Å². The molecular formula is C17H13ClN2O5. The standard InChI is InChI=1S/C17H13ClN2O5/c1-25-17(24)12-9-19(8-10-3-2-4-11(18)7-10)16(23)14-15(22)13(21)5-6-20(12)14/h2-7,9,22H,8H2,1H3. The molecule has 0 bridgehead atoms. The summed E-state index contributed by atoms with van der Waals surface area (Å²) >= 11 is 5.95. The lowest BCUT2D eigenvalue weighted by atomic mass is 10.2. The van der Waals surface area contributed by atoms with Crippen LogP contribution >= 0.6 is 11.6 Å². The van der Waals surface area contributed by atoms with Crippen molar-refractivity contribution in [2.45, 2.75) is 6.54 Å². The second kappa shape index (κ2) is 6.45. The molecule has 0 saturated heterocycles. The highest BCUT2D eigenvalue weighted by Crippen LogP contribution is 2.15. The van der Waals surface area contributed by atoms with Gasteiger partial charge in [0, 0.05) is 23.5 Å². The summed E-state index contributed by atoms with van der Waals surface area (Å²) in [4.78, 5) is 36.5. The van der Waals surface area contributed by atoms with Gasteiger partial charge in [-0.25, -0.2) is 4.79 Å². The molecule has 0 atom stereocenters. The van der Waals surface area contributed by atoms with E-state index in [1.807, 2.05) is 0 Å². The number of hydrogen-bond acceptors (Lipinski definition) is 5. The zero-order chi connectivity index (χ0) is 18.1. The van der Waals surface area contributed by atoms with Crippen molar-refractivity contribution in [3.63, 3.8) is 0 Å². The summed E-state index contributed by atoms with van der Waals surface area (Å²) < 4.78 is 7.08. The SMILES string of the molecule is COC(=O)c1cn(Cc2cccc(Cl)c2)c(=O)c2c(O)c(=O)ccn12. The molecule has 0 spiro atoms. The third kappa shape index (κ3) is 3.01. The van der Waals surface area contributed by atoms with E-state index in [0.717, 1.165) is 10.5 Å². The van der Waals surface area contributed by atoms with E-state index in [-0.39, 0.29) is 17.8 Å². The first-order valence-electron chi connectivity index (χ1n) is 7.23. The smallest absolute Gasteiger partial charge is 0.356 e. The number of ether oxygens (including phenoxy) is 1. The van der Waals surface area contributed by atoms with Crippen LogP contribution < -0.4 is 11.0 Å². The van der Waals surface area contributed by atoms with Crippen LogP contribution in [-0.4, -0.2) is 27.2 Å². The van der Waals surface area contributed by atoms with Crippen LogP contribution in [0.2, 0.25) is 5.02 Å². The minimum Gasteiger partial charge on any atom is -0.503 e. The van der Waals surface area contributed by atoms with E-state index in [4.69, 9.17) is 16.3 Å². The molecule has 0 aliphatic heterocycles. The number of halogens is 1. The van der Waals surface area contributed by atoms with Gasteiger partial charge in [0.05, 0.1) is 13.7 Å². The fourth-order valence-corrected chi connectivity index (χ4v) is 2.75. The van der Waals surface area contributed by atoms with Crippen molar-refractivity contribution in [2.75, 3.05) is 7.11 Å². The molecule has 128 valence electrons. The van der Waals surface area contributed by atoms with Crippen molar-refractivity contribution in [2.24, 2.45) is 0 Å². The van der Waals surface area contributed by atoms with E-state index in [9.17, 15) is 19.5 Å². The fourth-order valence-electron chi connectivity index (χ4n) is 2.54. The number of fused-ring (bicyclic) bond motifs is 1. The molecule has 3 aromatic rings. The Kier molecular flexibility index (Phi) is 4.33. The highest BCUT2D eigenvalue weighted by Gasteiger charge is 2.18. The summed E-state index contributed by atoms with van der Waals surface area (Å²) in [5.41, 5.74) is -0.921.